The maximum absolute atomic E-state index is 12.6. The second-order valence-electron chi connectivity index (χ2n) is 6.56. The molecule has 9 heteroatoms. The van der Waals surface area contributed by atoms with E-state index in [1.165, 1.54) is 0 Å². The van der Waals surface area contributed by atoms with E-state index in [-0.39, 0.29) is 5.91 Å². The zero-order valence-electron chi connectivity index (χ0n) is 16.5. The normalized spacial score (nSPS) is 15.4. The number of carbonyl (C=O) groups is 1. The summed E-state index contributed by atoms with van der Waals surface area (Å²) >= 11 is 0. The summed E-state index contributed by atoms with van der Waals surface area (Å²) in [6.07, 6.45) is 6.02. The standard InChI is InChI=1S/C19H28N6O3/c1-3-20-19(21-7-5-10-27-15-17-6-4-11-28-17)24-8-9-25(18(26)14-24)16-12-22-23(2)13-16/h4,6,11-13H,3,5,7-10,14-15H2,1-2H3,(H,20,21). The van der Waals surface area contributed by atoms with Gasteiger partial charge in [-0.15, -0.1) is 0 Å². The second-order valence-corrected chi connectivity index (χ2v) is 6.56. The van der Waals surface area contributed by atoms with Crippen molar-refractivity contribution in [3.8, 4) is 0 Å². The molecule has 28 heavy (non-hydrogen) atoms. The lowest BCUT2D eigenvalue weighted by molar-refractivity contribution is -0.120. The largest absolute Gasteiger partial charge is 0.467 e. The van der Waals surface area contributed by atoms with Gasteiger partial charge in [-0.2, -0.15) is 5.10 Å². The van der Waals surface area contributed by atoms with Crippen LogP contribution in [0, 0.1) is 0 Å². The molecule has 0 spiro atoms. The van der Waals surface area contributed by atoms with Crippen LogP contribution in [0.2, 0.25) is 0 Å². The lowest BCUT2D eigenvalue weighted by atomic mass is 10.3. The molecule has 152 valence electrons. The van der Waals surface area contributed by atoms with E-state index in [9.17, 15) is 4.79 Å². The minimum absolute atomic E-state index is 0.0478. The number of aryl methyl sites for hydroxylation is 1. The number of anilines is 1. The third-order valence-corrected chi connectivity index (χ3v) is 4.39. The van der Waals surface area contributed by atoms with E-state index in [1.54, 1.807) is 22.0 Å². The molecule has 1 saturated heterocycles. The van der Waals surface area contributed by atoms with E-state index in [4.69, 9.17) is 9.15 Å². The molecule has 1 amide bonds. The third kappa shape index (κ3) is 5.35. The van der Waals surface area contributed by atoms with Crippen LogP contribution in [0.4, 0.5) is 5.69 Å². The highest BCUT2D eigenvalue weighted by atomic mass is 16.5. The number of furan rings is 1. The van der Waals surface area contributed by atoms with E-state index >= 15 is 0 Å². The van der Waals surface area contributed by atoms with Gasteiger partial charge in [0.1, 0.15) is 18.9 Å². The summed E-state index contributed by atoms with van der Waals surface area (Å²) in [5, 5.41) is 7.42. The zero-order valence-corrected chi connectivity index (χ0v) is 16.5. The van der Waals surface area contributed by atoms with E-state index in [1.807, 2.05) is 37.2 Å². The Hall–Kier alpha value is -2.81. The van der Waals surface area contributed by atoms with Gasteiger partial charge in [-0.25, -0.2) is 0 Å². The smallest absolute Gasteiger partial charge is 0.246 e. The van der Waals surface area contributed by atoms with E-state index in [0.29, 0.717) is 32.8 Å². The highest BCUT2D eigenvalue weighted by molar-refractivity contribution is 5.98. The molecule has 1 N–H and O–H groups in total. The molecule has 3 heterocycles. The molecule has 1 aliphatic rings. The van der Waals surface area contributed by atoms with Gasteiger partial charge in [0.25, 0.3) is 0 Å². The molecular weight excluding hydrogens is 360 g/mol. The van der Waals surface area contributed by atoms with Crippen molar-refractivity contribution < 1.29 is 13.9 Å². The molecule has 2 aromatic rings. The molecule has 3 rings (SSSR count). The zero-order chi connectivity index (χ0) is 19.8. The highest BCUT2D eigenvalue weighted by Crippen LogP contribution is 2.16. The first kappa shape index (κ1) is 19.9. The number of amides is 1. The molecule has 0 unspecified atom stereocenters. The van der Waals surface area contributed by atoms with Crippen molar-refractivity contribution in [3.05, 3.63) is 36.5 Å². The van der Waals surface area contributed by atoms with Crippen molar-refractivity contribution in [3.63, 3.8) is 0 Å². The Morgan fingerprint density at radius 3 is 3.00 bits per heavy atom. The number of aliphatic imine (C=N–C) groups is 1. The number of guanidine groups is 1. The average Bonchev–Trinajstić information content (AvgIpc) is 3.35. The number of hydrogen-bond acceptors (Lipinski definition) is 5. The van der Waals surface area contributed by atoms with Gasteiger partial charge < -0.3 is 24.3 Å². The van der Waals surface area contributed by atoms with E-state index in [2.05, 4.69) is 15.4 Å². The predicted molar refractivity (Wildman–Crippen MR) is 106 cm³/mol. The fraction of sp³-hybridized carbons (Fsp3) is 0.526. The van der Waals surface area contributed by atoms with Gasteiger partial charge >= 0.3 is 0 Å². The minimum atomic E-state index is 0.0478. The molecule has 2 aromatic heterocycles. The number of piperazine rings is 1. The van der Waals surface area contributed by atoms with Gasteiger partial charge in [0, 0.05) is 46.0 Å². The van der Waals surface area contributed by atoms with Crippen molar-refractivity contribution in [2.75, 3.05) is 44.2 Å². The number of nitrogens with zero attached hydrogens (tertiary/aromatic N) is 5. The lowest BCUT2D eigenvalue weighted by Crippen LogP contribution is -2.55. The summed E-state index contributed by atoms with van der Waals surface area (Å²) in [5.74, 6) is 1.64. The maximum Gasteiger partial charge on any atom is 0.246 e. The summed E-state index contributed by atoms with van der Waals surface area (Å²) in [4.78, 5) is 21.0. The van der Waals surface area contributed by atoms with Gasteiger partial charge in [0.15, 0.2) is 5.96 Å². The van der Waals surface area contributed by atoms with Crippen LogP contribution in [0.25, 0.3) is 0 Å². The van der Waals surface area contributed by atoms with Crippen LogP contribution >= 0.6 is 0 Å². The molecule has 0 radical (unpaired) electrons. The van der Waals surface area contributed by atoms with E-state index < -0.39 is 0 Å². The van der Waals surface area contributed by atoms with Gasteiger partial charge in [-0.1, -0.05) is 0 Å². The highest BCUT2D eigenvalue weighted by Gasteiger charge is 2.27. The van der Waals surface area contributed by atoms with Crippen molar-refractivity contribution >= 4 is 17.6 Å². The maximum atomic E-state index is 12.6. The molecule has 0 atom stereocenters. The Morgan fingerprint density at radius 1 is 1.43 bits per heavy atom. The Labute approximate surface area is 165 Å². The van der Waals surface area contributed by atoms with Gasteiger partial charge in [0.05, 0.1) is 18.1 Å². The van der Waals surface area contributed by atoms with E-state index in [0.717, 1.165) is 36.9 Å². The molecular formula is C19H28N6O3. The van der Waals surface area contributed by atoms with Crippen molar-refractivity contribution in [1.29, 1.82) is 0 Å². The first-order chi connectivity index (χ1) is 13.7. The van der Waals surface area contributed by atoms with Gasteiger partial charge in [-0.05, 0) is 25.5 Å². The molecule has 0 bridgehead atoms. The summed E-state index contributed by atoms with van der Waals surface area (Å²) in [6.45, 7) is 6.13. The molecule has 0 aliphatic carbocycles. The number of aromatic nitrogens is 2. The number of hydrogen-bond donors (Lipinski definition) is 1. The first-order valence-corrected chi connectivity index (χ1v) is 9.59. The fourth-order valence-corrected chi connectivity index (χ4v) is 3.02. The molecule has 1 fully saturated rings. The summed E-state index contributed by atoms with van der Waals surface area (Å²) in [6, 6.07) is 3.74. The second kappa shape index (κ2) is 9.93. The van der Waals surface area contributed by atoms with Crippen molar-refractivity contribution in [2.45, 2.75) is 20.0 Å². The first-order valence-electron chi connectivity index (χ1n) is 9.59. The van der Waals surface area contributed by atoms with Gasteiger partial charge in [-0.3, -0.25) is 14.5 Å². The number of ether oxygens (including phenoxy) is 1. The van der Waals surface area contributed by atoms with Crippen molar-refractivity contribution in [1.82, 2.24) is 20.0 Å². The number of carbonyl (C=O) groups excluding carboxylic acids is 1. The minimum Gasteiger partial charge on any atom is -0.467 e. The lowest BCUT2D eigenvalue weighted by Gasteiger charge is -2.35. The van der Waals surface area contributed by atoms with Crippen LogP contribution in [0.3, 0.4) is 0 Å². The Kier molecular flexibility index (Phi) is 7.07. The van der Waals surface area contributed by atoms with Gasteiger partial charge in [0.2, 0.25) is 5.91 Å². The van der Waals surface area contributed by atoms with Crippen LogP contribution in [-0.2, 0) is 23.2 Å². The average molecular weight is 388 g/mol. The topological polar surface area (TPSA) is 88.1 Å². The third-order valence-electron chi connectivity index (χ3n) is 4.39. The SMILES string of the molecule is CCNC(=NCCCOCc1ccco1)N1CCN(c2cnn(C)c2)C(=O)C1. The van der Waals surface area contributed by atoms with Crippen LogP contribution in [0.5, 0.6) is 0 Å². The van der Waals surface area contributed by atoms with Crippen molar-refractivity contribution in [2.24, 2.45) is 12.0 Å². The number of nitrogens with one attached hydrogen (secondary N) is 1. The Morgan fingerprint density at radius 2 is 2.32 bits per heavy atom. The molecule has 1 aliphatic heterocycles. The van der Waals surface area contributed by atoms with Crippen LogP contribution in [-0.4, -0.2) is 65.9 Å². The summed E-state index contributed by atoms with van der Waals surface area (Å²) in [5.41, 5.74) is 0.836. The summed E-state index contributed by atoms with van der Waals surface area (Å²) in [7, 11) is 1.85. The predicted octanol–water partition coefficient (Wildman–Crippen LogP) is 1.23. The van der Waals surface area contributed by atoms with Crippen LogP contribution in [0.1, 0.15) is 19.1 Å². The monoisotopic (exact) mass is 388 g/mol. The van der Waals surface area contributed by atoms with Crippen LogP contribution in [0.15, 0.2) is 40.2 Å². The number of rotatable bonds is 8. The molecule has 0 saturated carbocycles. The van der Waals surface area contributed by atoms with Crippen LogP contribution < -0.4 is 10.2 Å². The Balaban J connectivity index is 1.46. The Bertz CT molecular complexity index is 770. The quantitative estimate of drug-likeness (QED) is 0.416. The molecule has 0 aromatic carbocycles. The summed E-state index contributed by atoms with van der Waals surface area (Å²) < 4.78 is 12.5. The molecule has 9 nitrogen and oxygen atoms in total. The fourth-order valence-electron chi connectivity index (χ4n) is 3.02.